The number of aliphatic carboxylic acids is 1. The predicted molar refractivity (Wildman–Crippen MR) is 69.5 cm³/mol. The Morgan fingerprint density at radius 3 is 2.42 bits per heavy atom. The highest BCUT2D eigenvalue weighted by atomic mass is 16.4. The van der Waals surface area contributed by atoms with E-state index in [2.05, 4.69) is 5.32 Å². The number of amides is 2. The van der Waals surface area contributed by atoms with E-state index >= 15 is 0 Å². The van der Waals surface area contributed by atoms with E-state index in [0.717, 1.165) is 12.8 Å². The molecule has 0 aliphatic carbocycles. The molecule has 1 heterocycles. The second-order valence-corrected chi connectivity index (χ2v) is 5.87. The smallest absolute Gasteiger partial charge is 0.326 e. The van der Waals surface area contributed by atoms with Crippen LogP contribution in [0.25, 0.3) is 0 Å². The molecular weight excluding hydrogens is 248 g/mol. The number of hydrogen-bond acceptors (Lipinski definition) is 3. The van der Waals surface area contributed by atoms with Crippen LogP contribution in [0.3, 0.4) is 0 Å². The van der Waals surface area contributed by atoms with Crippen molar-refractivity contribution in [3.8, 4) is 0 Å². The number of nitrogens with one attached hydrogen (secondary N) is 1. The topological polar surface area (TPSA) is 86.7 Å². The Hall–Kier alpha value is -1.59. The third kappa shape index (κ3) is 4.22. The van der Waals surface area contributed by atoms with Crippen molar-refractivity contribution in [2.45, 2.75) is 46.1 Å². The van der Waals surface area contributed by atoms with Gasteiger partial charge in [-0.3, -0.25) is 9.59 Å². The fourth-order valence-electron chi connectivity index (χ4n) is 2.01. The molecule has 0 spiro atoms. The Bertz CT molecular complexity index is 373. The van der Waals surface area contributed by atoms with Crippen molar-refractivity contribution in [3.05, 3.63) is 0 Å². The second-order valence-electron chi connectivity index (χ2n) is 5.87. The number of hydrogen-bond donors (Lipinski definition) is 2. The van der Waals surface area contributed by atoms with Crippen LogP contribution in [0.5, 0.6) is 0 Å². The maximum atomic E-state index is 12.0. The van der Waals surface area contributed by atoms with E-state index in [1.165, 1.54) is 4.90 Å². The number of carbonyl (C=O) groups excluding carboxylic acids is 2. The minimum Gasteiger partial charge on any atom is -0.480 e. The Labute approximate surface area is 113 Å². The molecule has 0 aromatic rings. The standard InChI is InChI=1S/C13H22N2O4/c1-13(2,3)12(19)14-8-10(16)15-7-5-4-6-9(15)11(17)18/h9H,4-8H2,1-3H3,(H,14,19)(H,17,18)/t9-/m1/s1. The van der Waals surface area contributed by atoms with E-state index in [-0.39, 0.29) is 18.4 Å². The number of carbonyl (C=O) groups is 3. The molecule has 1 fully saturated rings. The fraction of sp³-hybridized carbons (Fsp3) is 0.769. The van der Waals surface area contributed by atoms with Gasteiger partial charge >= 0.3 is 5.97 Å². The molecule has 19 heavy (non-hydrogen) atoms. The highest BCUT2D eigenvalue weighted by molar-refractivity contribution is 5.89. The van der Waals surface area contributed by atoms with Gasteiger partial charge in [0, 0.05) is 12.0 Å². The molecule has 1 rings (SSSR count). The molecule has 2 amide bonds. The molecule has 1 aliphatic rings. The van der Waals surface area contributed by atoms with Crippen molar-refractivity contribution in [2.24, 2.45) is 5.41 Å². The van der Waals surface area contributed by atoms with Crippen molar-refractivity contribution < 1.29 is 19.5 Å². The Balaban J connectivity index is 2.57. The zero-order chi connectivity index (χ0) is 14.6. The van der Waals surface area contributed by atoms with Crippen LogP contribution in [0, 0.1) is 5.41 Å². The van der Waals surface area contributed by atoms with Gasteiger partial charge in [0.2, 0.25) is 11.8 Å². The van der Waals surface area contributed by atoms with E-state index in [9.17, 15) is 14.4 Å². The molecule has 108 valence electrons. The summed E-state index contributed by atoms with van der Waals surface area (Å²) in [5.41, 5.74) is -0.561. The second kappa shape index (κ2) is 6.04. The molecule has 6 nitrogen and oxygen atoms in total. The molecule has 0 radical (unpaired) electrons. The molecule has 0 aromatic heterocycles. The zero-order valence-corrected chi connectivity index (χ0v) is 11.7. The lowest BCUT2D eigenvalue weighted by Gasteiger charge is -2.33. The van der Waals surface area contributed by atoms with Crippen molar-refractivity contribution in [3.63, 3.8) is 0 Å². The summed E-state index contributed by atoms with van der Waals surface area (Å²) < 4.78 is 0. The molecule has 0 bridgehead atoms. The summed E-state index contributed by atoms with van der Waals surface area (Å²) in [5.74, 6) is -1.52. The van der Waals surface area contributed by atoms with Gasteiger partial charge in [-0.25, -0.2) is 4.79 Å². The fourth-order valence-corrected chi connectivity index (χ4v) is 2.01. The first-order chi connectivity index (χ1) is 8.73. The van der Waals surface area contributed by atoms with Crippen LogP contribution in [0.15, 0.2) is 0 Å². The van der Waals surface area contributed by atoms with Gasteiger partial charge in [0.05, 0.1) is 6.54 Å². The molecule has 2 N–H and O–H groups in total. The minimum absolute atomic E-state index is 0.139. The van der Waals surface area contributed by atoms with Gasteiger partial charge in [0.15, 0.2) is 0 Å². The first-order valence-electron chi connectivity index (χ1n) is 6.54. The molecule has 1 aliphatic heterocycles. The van der Waals surface area contributed by atoms with Crippen molar-refractivity contribution in [2.75, 3.05) is 13.1 Å². The van der Waals surface area contributed by atoms with Gasteiger partial charge in [-0.05, 0) is 19.3 Å². The van der Waals surface area contributed by atoms with E-state index < -0.39 is 17.4 Å². The quantitative estimate of drug-likeness (QED) is 0.787. The molecule has 0 aromatic carbocycles. The molecular formula is C13H22N2O4. The van der Waals surface area contributed by atoms with Crippen LogP contribution in [0.4, 0.5) is 0 Å². The largest absolute Gasteiger partial charge is 0.480 e. The number of carboxylic acid groups (broad SMARTS) is 1. The molecule has 0 unspecified atom stereocenters. The van der Waals surface area contributed by atoms with Crippen LogP contribution in [0.1, 0.15) is 40.0 Å². The summed E-state index contributed by atoms with van der Waals surface area (Å²) in [4.78, 5) is 36.1. The first-order valence-corrected chi connectivity index (χ1v) is 6.54. The third-order valence-electron chi connectivity index (χ3n) is 3.19. The van der Waals surface area contributed by atoms with E-state index in [1.54, 1.807) is 20.8 Å². The molecule has 1 atom stereocenters. The van der Waals surface area contributed by atoms with Gasteiger partial charge in [-0.15, -0.1) is 0 Å². The number of piperidine rings is 1. The van der Waals surface area contributed by atoms with Crippen LogP contribution >= 0.6 is 0 Å². The van der Waals surface area contributed by atoms with Crippen molar-refractivity contribution in [1.29, 1.82) is 0 Å². The van der Waals surface area contributed by atoms with E-state index in [0.29, 0.717) is 13.0 Å². The van der Waals surface area contributed by atoms with Gasteiger partial charge in [-0.2, -0.15) is 0 Å². The maximum Gasteiger partial charge on any atom is 0.326 e. The van der Waals surface area contributed by atoms with E-state index in [1.807, 2.05) is 0 Å². The van der Waals surface area contributed by atoms with Crippen molar-refractivity contribution >= 4 is 17.8 Å². The Morgan fingerprint density at radius 2 is 1.89 bits per heavy atom. The van der Waals surface area contributed by atoms with Gasteiger partial charge in [-0.1, -0.05) is 20.8 Å². The average Bonchev–Trinajstić information content (AvgIpc) is 2.34. The third-order valence-corrected chi connectivity index (χ3v) is 3.19. The summed E-state index contributed by atoms with van der Waals surface area (Å²) >= 11 is 0. The summed E-state index contributed by atoms with van der Waals surface area (Å²) in [7, 11) is 0. The lowest BCUT2D eigenvalue weighted by molar-refractivity contribution is -0.152. The summed E-state index contributed by atoms with van der Waals surface area (Å²) in [6, 6.07) is -0.757. The molecule has 1 saturated heterocycles. The van der Waals surface area contributed by atoms with Gasteiger partial charge < -0.3 is 15.3 Å². The SMILES string of the molecule is CC(C)(C)C(=O)NCC(=O)N1CCCC[C@@H]1C(=O)O. The molecule has 6 heteroatoms. The van der Waals surface area contributed by atoms with Gasteiger partial charge in [0.1, 0.15) is 6.04 Å². The summed E-state index contributed by atoms with van der Waals surface area (Å²) in [6.07, 6.45) is 2.10. The van der Waals surface area contributed by atoms with Crippen LogP contribution in [0.2, 0.25) is 0 Å². The Kier molecular flexibility index (Phi) is 4.91. The van der Waals surface area contributed by atoms with Crippen LogP contribution in [-0.2, 0) is 14.4 Å². The summed E-state index contributed by atoms with van der Waals surface area (Å²) in [6.45, 7) is 5.58. The zero-order valence-electron chi connectivity index (χ0n) is 11.7. The van der Waals surface area contributed by atoms with Gasteiger partial charge in [0.25, 0.3) is 0 Å². The Morgan fingerprint density at radius 1 is 1.26 bits per heavy atom. The average molecular weight is 270 g/mol. The van der Waals surface area contributed by atoms with Crippen LogP contribution < -0.4 is 5.32 Å². The van der Waals surface area contributed by atoms with E-state index in [4.69, 9.17) is 5.11 Å². The van der Waals surface area contributed by atoms with Crippen LogP contribution in [-0.4, -0.2) is 46.9 Å². The minimum atomic E-state index is -0.977. The normalized spacial score (nSPS) is 19.9. The number of nitrogens with zero attached hydrogens (tertiary/aromatic N) is 1. The number of carboxylic acids is 1. The van der Waals surface area contributed by atoms with Crippen molar-refractivity contribution in [1.82, 2.24) is 10.2 Å². The molecule has 0 saturated carbocycles. The predicted octanol–water partition coefficient (Wildman–Crippen LogP) is 0.614. The highest BCUT2D eigenvalue weighted by Crippen LogP contribution is 2.17. The highest BCUT2D eigenvalue weighted by Gasteiger charge is 2.32. The first kappa shape index (κ1) is 15.5. The number of rotatable bonds is 3. The number of likely N-dealkylation sites (tertiary alicyclic amines) is 1. The monoisotopic (exact) mass is 270 g/mol. The lowest BCUT2D eigenvalue weighted by Crippen LogP contribution is -2.51. The summed E-state index contributed by atoms with van der Waals surface area (Å²) in [5, 5.41) is 11.6. The maximum absolute atomic E-state index is 12.0. The lowest BCUT2D eigenvalue weighted by atomic mass is 9.96.